The van der Waals surface area contributed by atoms with Gasteiger partial charge in [-0.3, -0.25) is 4.90 Å². The van der Waals surface area contributed by atoms with Gasteiger partial charge in [0.2, 0.25) is 0 Å². The molecule has 1 atom stereocenters. The molecule has 4 nitrogen and oxygen atoms in total. The summed E-state index contributed by atoms with van der Waals surface area (Å²) >= 11 is 5.23. The molecule has 0 amide bonds. The summed E-state index contributed by atoms with van der Waals surface area (Å²) in [4.78, 5) is 12.6. The minimum Gasteiger partial charge on any atom is -0.346 e. The van der Waals surface area contributed by atoms with E-state index in [2.05, 4.69) is 40.8 Å². The zero-order valence-corrected chi connectivity index (χ0v) is 11.5. The summed E-state index contributed by atoms with van der Waals surface area (Å²) in [6.07, 6.45) is 0.964. The lowest BCUT2D eigenvalue weighted by molar-refractivity contribution is 0.109. The summed E-state index contributed by atoms with van der Waals surface area (Å²) in [6, 6.07) is 2.27. The molecule has 5 heteroatoms. The number of aromatic nitrogens is 2. The lowest BCUT2D eigenvalue weighted by Gasteiger charge is -2.37. The molecule has 94 valence electrons. The van der Waals surface area contributed by atoms with Crippen molar-refractivity contribution in [3.63, 3.8) is 0 Å². The van der Waals surface area contributed by atoms with E-state index in [0.717, 1.165) is 31.9 Å². The van der Waals surface area contributed by atoms with Crippen LogP contribution in [0.15, 0.2) is 6.07 Å². The summed E-state index contributed by atoms with van der Waals surface area (Å²) in [6.45, 7) is 5.31. The molecule has 0 saturated carbocycles. The third-order valence-electron chi connectivity index (χ3n) is 3.36. The number of piperazine rings is 1. The largest absolute Gasteiger partial charge is 0.346 e. The Morgan fingerprint density at radius 2 is 2.24 bits per heavy atom. The number of likely N-dealkylation sites (N-methyl/N-ethyl adjacent to an activating group) is 2. The quantitative estimate of drug-likeness (QED) is 0.811. The standard InChI is InChI=1S/C12H20N4S/c1-4-9-7-11(17)14-12(13-9)10-8-15(2)5-6-16(10)3/h7,10H,4-6,8H2,1-3H3,(H,13,14,17). The molecule has 1 saturated heterocycles. The van der Waals surface area contributed by atoms with Crippen LogP contribution in [0.1, 0.15) is 24.5 Å². The van der Waals surface area contributed by atoms with Gasteiger partial charge in [0.15, 0.2) is 0 Å². The van der Waals surface area contributed by atoms with Gasteiger partial charge in [0.1, 0.15) is 10.5 Å². The molecule has 0 bridgehead atoms. The van der Waals surface area contributed by atoms with E-state index in [1.807, 2.05) is 6.07 Å². The molecule has 1 N–H and O–H groups in total. The second-order valence-electron chi connectivity index (χ2n) is 4.74. The topological polar surface area (TPSA) is 35.2 Å². The first-order valence-electron chi connectivity index (χ1n) is 6.09. The molecule has 1 aliphatic heterocycles. The summed E-state index contributed by atoms with van der Waals surface area (Å²) in [5.74, 6) is 1.00. The molecule has 2 rings (SSSR count). The zero-order valence-electron chi connectivity index (χ0n) is 10.7. The first-order chi connectivity index (χ1) is 8.10. The van der Waals surface area contributed by atoms with Gasteiger partial charge in [-0.2, -0.15) is 0 Å². The van der Waals surface area contributed by atoms with Crippen LogP contribution < -0.4 is 0 Å². The third-order valence-corrected chi connectivity index (χ3v) is 3.57. The van der Waals surface area contributed by atoms with Crippen molar-refractivity contribution in [2.45, 2.75) is 19.4 Å². The Hall–Kier alpha value is -0.780. The van der Waals surface area contributed by atoms with Gasteiger partial charge < -0.3 is 9.88 Å². The Labute approximate surface area is 108 Å². The number of nitrogens with one attached hydrogen (secondary N) is 1. The Kier molecular flexibility index (Phi) is 3.91. The van der Waals surface area contributed by atoms with Gasteiger partial charge in [-0.25, -0.2) is 4.98 Å². The molecule has 1 aromatic rings. The highest BCUT2D eigenvalue weighted by Crippen LogP contribution is 2.20. The van der Waals surface area contributed by atoms with Crippen LogP contribution in [0.4, 0.5) is 0 Å². The summed E-state index contributed by atoms with van der Waals surface area (Å²) in [7, 11) is 4.30. The normalized spacial score (nSPS) is 22.9. The highest BCUT2D eigenvalue weighted by atomic mass is 32.1. The lowest BCUT2D eigenvalue weighted by Crippen LogP contribution is -2.45. The van der Waals surface area contributed by atoms with Crippen molar-refractivity contribution < 1.29 is 0 Å². The van der Waals surface area contributed by atoms with E-state index < -0.39 is 0 Å². The fraction of sp³-hybridized carbons (Fsp3) is 0.667. The van der Waals surface area contributed by atoms with E-state index in [0.29, 0.717) is 10.7 Å². The predicted molar refractivity (Wildman–Crippen MR) is 71.7 cm³/mol. The van der Waals surface area contributed by atoms with Gasteiger partial charge in [-0.1, -0.05) is 19.1 Å². The number of hydrogen-bond donors (Lipinski definition) is 1. The maximum absolute atomic E-state index is 5.23. The fourth-order valence-corrected chi connectivity index (χ4v) is 2.42. The van der Waals surface area contributed by atoms with Gasteiger partial charge in [0.05, 0.1) is 6.04 Å². The fourth-order valence-electron chi connectivity index (χ4n) is 2.18. The number of aryl methyl sites for hydroxylation is 1. The Morgan fingerprint density at radius 3 is 2.94 bits per heavy atom. The van der Waals surface area contributed by atoms with E-state index in [9.17, 15) is 0 Å². The molecule has 1 fully saturated rings. The lowest BCUT2D eigenvalue weighted by atomic mass is 10.1. The smallest absolute Gasteiger partial charge is 0.130 e. The van der Waals surface area contributed by atoms with Gasteiger partial charge in [0.25, 0.3) is 0 Å². The van der Waals surface area contributed by atoms with Crippen molar-refractivity contribution in [3.8, 4) is 0 Å². The third kappa shape index (κ3) is 2.91. The van der Waals surface area contributed by atoms with Gasteiger partial charge in [-0.05, 0) is 26.6 Å². The molecule has 1 aromatic heterocycles. The average molecular weight is 252 g/mol. The van der Waals surface area contributed by atoms with Crippen molar-refractivity contribution in [2.75, 3.05) is 33.7 Å². The van der Waals surface area contributed by atoms with E-state index in [-0.39, 0.29) is 0 Å². The van der Waals surface area contributed by atoms with Gasteiger partial charge >= 0.3 is 0 Å². The second kappa shape index (κ2) is 5.25. The van der Waals surface area contributed by atoms with Crippen LogP contribution in [0.2, 0.25) is 0 Å². The molecular weight excluding hydrogens is 232 g/mol. The van der Waals surface area contributed by atoms with Crippen LogP contribution in [0.3, 0.4) is 0 Å². The van der Waals surface area contributed by atoms with Gasteiger partial charge in [-0.15, -0.1) is 0 Å². The predicted octanol–water partition coefficient (Wildman–Crippen LogP) is 1.62. The highest BCUT2D eigenvalue weighted by Gasteiger charge is 2.25. The van der Waals surface area contributed by atoms with Crippen molar-refractivity contribution >= 4 is 12.2 Å². The molecule has 0 spiro atoms. The summed E-state index contributed by atoms with van der Waals surface area (Å²) in [5.41, 5.74) is 1.17. The zero-order chi connectivity index (χ0) is 12.4. The van der Waals surface area contributed by atoms with Crippen LogP contribution >= 0.6 is 12.2 Å². The van der Waals surface area contributed by atoms with Crippen LogP contribution in [-0.4, -0.2) is 53.5 Å². The van der Waals surface area contributed by atoms with E-state index in [1.54, 1.807) is 0 Å². The number of aromatic amines is 1. The van der Waals surface area contributed by atoms with Crippen molar-refractivity contribution in [1.29, 1.82) is 0 Å². The van der Waals surface area contributed by atoms with Crippen molar-refractivity contribution in [1.82, 2.24) is 19.8 Å². The SMILES string of the molecule is CCc1cc(=S)nc(C2CN(C)CCN2C)[nH]1. The molecule has 1 aliphatic rings. The van der Waals surface area contributed by atoms with E-state index in [1.165, 1.54) is 5.69 Å². The van der Waals surface area contributed by atoms with Crippen molar-refractivity contribution in [2.24, 2.45) is 0 Å². The molecule has 17 heavy (non-hydrogen) atoms. The van der Waals surface area contributed by atoms with E-state index in [4.69, 9.17) is 12.2 Å². The number of hydrogen-bond acceptors (Lipinski definition) is 4. The number of H-pyrrole nitrogens is 1. The minimum atomic E-state index is 0.321. The van der Waals surface area contributed by atoms with Crippen LogP contribution in [0, 0.1) is 4.64 Å². The number of rotatable bonds is 2. The van der Waals surface area contributed by atoms with Crippen molar-refractivity contribution in [3.05, 3.63) is 22.2 Å². The van der Waals surface area contributed by atoms with Crippen LogP contribution in [-0.2, 0) is 6.42 Å². The maximum Gasteiger partial charge on any atom is 0.130 e. The van der Waals surface area contributed by atoms with Crippen LogP contribution in [0.25, 0.3) is 0 Å². The highest BCUT2D eigenvalue weighted by molar-refractivity contribution is 7.71. The maximum atomic E-state index is 5.23. The summed E-state index contributed by atoms with van der Waals surface area (Å²) in [5, 5.41) is 0. The second-order valence-corrected chi connectivity index (χ2v) is 5.16. The van der Waals surface area contributed by atoms with E-state index >= 15 is 0 Å². The van der Waals surface area contributed by atoms with Gasteiger partial charge in [0, 0.05) is 25.3 Å². The molecule has 0 radical (unpaired) electrons. The Morgan fingerprint density at radius 1 is 1.47 bits per heavy atom. The molecule has 0 aliphatic carbocycles. The Bertz CT molecular complexity index is 442. The Balaban J connectivity index is 2.31. The monoisotopic (exact) mass is 252 g/mol. The summed E-state index contributed by atoms with van der Waals surface area (Å²) < 4.78 is 0.692. The average Bonchev–Trinajstić information content (AvgIpc) is 2.31. The molecule has 2 heterocycles. The minimum absolute atomic E-state index is 0.321. The number of nitrogens with zero attached hydrogens (tertiary/aromatic N) is 3. The molecule has 0 aromatic carbocycles. The first-order valence-corrected chi connectivity index (χ1v) is 6.50. The first kappa shape index (κ1) is 12.7. The van der Waals surface area contributed by atoms with Crippen LogP contribution in [0.5, 0.6) is 0 Å². The molecule has 1 unspecified atom stereocenters. The molecular formula is C12H20N4S.